The minimum Gasteiger partial charge on any atom is -0.481 e. The smallest absolute Gasteiger partial charge is 0.305 e. The minimum atomic E-state index is -0.869. The number of aliphatic carboxylic acids is 1. The zero-order valence-electron chi connectivity index (χ0n) is 9.44. The largest absolute Gasteiger partial charge is 0.481 e. The molecule has 92 valence electrons. The van der Waals surface area contributed by atoms with Crippen LogP contribution in [-0.2, 0) is 9.59 Å². The van der Waals surface area contributed by atoms with Crippen LogP contribution >= 0.6 is 11.8 Å². The molecule has 6 heteroatoms. The van der Waals surface area contributed by atoms with E-state index in [1.54, 1.807) is 7.05 Å². The lowest BCUT2D eigenvalue weighted by atomic mass is 10.2. The molecule has 1 saturated heterocycles. The Bertz CT molecular complexity index is 254. The van der Waals surface area contributed by atoms with E-state index in [9.17, 15) is 9.59 Å². The SMILES string of the molecule is CN(CCC(=O)O)C(=O)CC1CSCCN1. The van der Waals surface area contributed by atoms with Crippen molar-refractivity contribution in [1.82, 2.24) is 10.2 Å². The number of carboxylic acids is 1. The molecular formula is C10H18N2O3S. The number of nitrogens with zero attached hydrogens (tertiary/aromatic N) is 1. The Morgan fingerprint density at radius 1 is 1.56 bits per heavy atom. The zero-order chi connectivity index (χ0) is 12.0. The summed E-state index contributed by atoms with van der Waals surface area (Å²) >= 11 is 1.85. The molecule has 5 nitrogen and oxygen atoms in total. The third-order valence-corrected chi connectivity index (χ3v) is 3.64. The number of hydrogen-bond donors (Lipinski definition) is 2. The van der Waals surface area contributed by atoms with E-state index in [-0.39, 0.29) is 24.9 Å². The predicted octanol–water partition coefficient (Wildman–Crippen LogP) is 0.0146. The number of amides is 1. The van der Waals surface area contributed by atoms with E-state index in [1.807, 2.05) is 11.8 Å². The molecule has 1 rings (SSSR count). The van der Waals surface area contributed by atoms with Crippen LogP contribution in [-0.4, -0.2) is 59.6 Å². The van der Waals surface area contributed by atoms with Crippen molar-refractivity contribution in [2.45, 2.75) is 18.9 Å². The number of carbonyl (C=O) groups excluding carboxylic acids is 1. The second kappa shape index (κ2) is 6.75. The standard InChI is InChI=1S/C10H18N2O3S/c1-12(4-2-10(14)15)9(13)6-8-7-16-5-3-11-8/h8,11H,2-7H2,1H3,(H,14,15). The van der Waals surface area contributed by atoms with Crippen LogP contribution in [0.1, 0.15) is 12.8 Å². The molecule has 0 aromatic heterocycles. The van der Waals surface area contributed by atoms with Gasteiger partial charge in [0.05, 0.1) is 6.42 Å². The van der Waals surface area contributed by atoms with Crippen LogP contribution in [0.3, 0.4) is 0 Å². The van der Waals surface area contributed by atoms with Gasteiger partial charge in [-0.25, -0.2) is 0 Å². The summed E-state index contributed by atoms with van der Waals surface area (Å²) < 4.78 is 0. The van der Waals surface area contributed by atoms with Crippen LogP contribution in [0.5, 0.6) is 0 Å². The Hall–Kier alpha value is -0.750. The lowest BCUT2D eigenvalue weighted by Gasteiger charge is -2.25. The number of hydrogen-bond acceptors (Lipinski definition) is 4. The molecule has 1 fully saturated rings. The van der Waals surface area contributed by atoms with Crippen LogP contribution in [0.4, 0.5) is 0 Å². The fourth-order valence-electron chi connectivity index (χ4n) is 1.51. The zero-order valence-corrected chi connectivity index (χ0v) is 10.3. The molecular weight excluding hydrogens is 228 g/mol. The third-order valence-electron chi connectivity index (χ3n) is 2.51. The molecule has 16 heavy (non-hydrogen) atoms. The van der Waals surface area contributed by atoms with Crippen molar-refractivity contribution in [2.24, 2.45) is 0 Å². The number of carboxylic acid groups (broad SMARTS) is 1. The summed E-state index contributed by atoms with van der Waals surface area (Å²) in [6.07, 6.45) is 0.470. The summed E-state index contributed by atoms with van der Waals surface area (Å²) in [6, 6.07) is 0.235. The van der Waals surface area contributed by atoms with Crippen molar-refractivity contribution >= 4 is 23.6 Å². The van der Waals surface area contributed by atoms with Crippen LogP contribution in [0.25, 0.3) is 0 Å². The first-order valence-corrected chi connectivity index (χ1v) is 6.52. The first kappa shape index (κ1) is 13.3. The highest BCUT2D eigenvalue weighted by Crippen LogP contribution is 2.11. The number of thioether (sulfide) groups is 1. The van der Waals surface area contributed by atoms with Crippen molar-refractivity contribution in [3.05, 3.63) is 0 Å². The fraction of sp³-hybridized carbons (Fsp3) is 0.800. The molecule has 0 bridgehead atoms. The summed E-state index contributed by atoms with van der Waals surface area (Å²) in [5.74, 6) is 1.20. The second-order valence-corrected chi connectivity index (χ2v) is 5.04. The van der Waals surface area contributed by atoms with E-state index in [0.29, 0.717) is 6.42 Å². The molecule has 1 aliphatic heterocycles. The highest BCUT2D eigenvalue weighted by atomic mass is 32.2. The lowest BCUT2D eigenvalue weighted by molar-refractivity contribution is -0.138. The molecule has 2 N–H and O–H groups in total. The molecule has 1 atom stereocenters. The average Bonchev–Trinajstić information content (AvgIpc) is 2.27. The number of carbonyl (C=O) groups is 2. The Balaban J connectivity index is 2.24. The van der Waals surface area contributed by atoms with E-state index in [2.05, 4.69) is 5.32 Å². The lowest BCUT2D eigenvalue weighted by Crippen LogP contribution is -2.42. The molecule has 0 radical (unpaired) electrons. The Labute approximate surface area is 99.6 Å². The monoisotopic (exact) mass is 246 g/mol. The molecule has 0 saturated carbocycles. The van der Waals surface area contributed by atoms with Crippen molar-refractivity contribution in [3.8, 4) is 0 Å². The van der Waals surface area contributed by atoms with Gasteiger partial charge in [-0.3, -0.25) is 9.59 Å². The first-order chi connectivity index (χ1) is 7.59. The van der Waals surface area contributed by atoms with Gasteiger partial charge in [-0.05, 0) is 0 Å². The van der Waals surface area contributed by atoms with Gasteiger partial charge in [0.1, 0.15) is 0 Å². The van der Waals surface area contributed by atoms with Crippen molar-refractivity contribution in [2.75, 3.05) is 31.6 Å². The summed E-state index contributed by atoms with van der Waals surface area (Å²) in [4.78, 5) is 23.6. The van der Waals surface area contributed by atoms with Gasteiger partial charge in [0, 0.05) is 44.1 Å². The van der Waals surface area contributed by atoms with E-state index < -0.39 is 5.97 Å². The molecule has 0 aliphatic carbocycles. The van der Waals surface area contributed by atoms with Crippen molar-refractivity contribution in [3.63, 3.8) is 0 Å². The quantitative estimate of drug-likeness (QED) is 0.715. The fourth-order valence-corrected chi connectivity index (χ4v) is 2.45. The van der Waals surface area contributed by atoms with Crippen LogP contribution in [0.15, 0.2) is 0 Å². The van der Waals surface area contributed by atoms with Gasteiger partial charge in [0.25, 0.3) is 0 Å². The summed E-state index contributed by atoms with van der Waals surface area (Å²) in [6.45, 7) is 1.23. The minimum absolute atomic E-state index is 0.00901. The highest BCUT2D eigenvalue weighted by molar-refractivity contribution is 7.99. The molecule has 0 aromatic rings. The number of rotatable bonds is 5. The molecule has 1 unspecified atom stereocenters. The average molecular weight is 246 g/mol. The maximum atomic E-state index is 11.7. The normalized spacial score (nSPS) is 20.4. The molecule has 1 amide bonds. The van der Waals surface area contributed by atoms with E-state index in [0.717, 1.165) is 18.1 Å². The maximum Gasteiger partial charge on any atom is 0.305 e. The Morgan fingerprint density at radius 3 is 2.88 bits per heavy atom. The topological polar surface area (TPSA) is 69.6 Å². The molecule has 1 heterocycles. The Kier molecular flexibility index (Phi) is 5.62. The van der Waals surface area contributed by atoms with Gasteiger partial charge in [-0.15, -0.1) is 0 Å². The summed E-state index contributed by atoms with van der Waals surface area (Å²) in [7, 11) is 1.65. The molecule has 1 aliphatic rings. The number of nitrogens with one attached hydrogen (secondary N) is 1. The first-order valence-electron chi connectivity index (χ1n) is 5.36. The van der Waals surface area contributed by atoms with Gasteiger partial charge in [0.2, 0.25) is 5.91 Å². The third kappa shape index (κ3) is 4.85. The van der Waals surface area contributed by atoms with E-state index in [4.69, 9.17) is 5.11 Å². The van der Waals surface area contributed by atoms with Gasteiger partial charge < -0.3 is 15.3 Å². The van der Waals surface area contributed by atoms with Crippen LogP contribution < -0.4 is 5.32 Å². The van der Waals surface area contributed by atoms with Gasteiger partial charge in [-0.1, -0.05) is 0 Å². The van der Waals surface area contributed by atoms with Gasteiger partial charge >= 0.3 is 5.97 Å². The van der Waals surface area contributed by atoms with Gasteiger partial charge in [-0.2, -0.15) is 11.8 Å². The summed E-state index contributed by atoms with van der Waals surface area (Å²) in [5, 5.41) is 11.8. The van der Waals surface area contributed by atoms with E-state index >= 15 is 0 Å². The summed E-state index contributed by atoms with van der Waals surface area (Å²) in [5.41, 5.74) is 0. The van der Waals surface area contributed by atoms with E-state index in [1.165, 1.54) is 4.90 Å². The molecule has 0 spiro atoms. The molecule has 0 aromatic carbocycles. The predicted molar refractivity (Wildman–Crippen MR) is 63.6 cm³/mol. The maximum absolute atomic E-state index is 11.7. The van der Waals surface area contributed by atoms with Crippen molar-refractivity contribution in [1.29, 1.82) is 0 Å². The highest BCUT2D eigenvalue weighted by Gasteiger charge is 2.19. The van der Waals surface area contributed by atoms with Crippen molar-refractivity contribution < 1.29 is 14.7 Å². The van der Waals surface area contributed by atoms with Gasteiger partial charge in [0.15, 0.2) is 0 Å². The van der Waals surface area contributed by atoms with Crippen LogP contribution in [0.2, 0.25) is 0 Å². The Morgan fingerprint density at radius 2 is 2.31 bits per heavy atom. The second-order valence-electron chi connectivity index (χ2n) is 3.89. The van der Waals surface area contributed by atoms with Crippen LogP contribution in [0, 0.1) is 0 Å².